The summed E-state index contributed by atoms with van der Waals surface area (Å²) >= 11 is 0. The number of aromatic nitrogens is 2. The van der Waals surface area contributed by atoms with Crippen LogP contribution >= 0.6 is 0 Å². The molecular weight excluding hydrogens is 260 g/mol. The van der Waals surface area contributed by atoms with Crippen LogP contribution in [0, 0.1) is 6.92 Å². The lowest BCUT2D eigenvalue weighted by Crippen LogP contribution is -2.02. The molecule has 0 saturated heterocycles. The standard InChI is InChI=1S/C18H16N2O/c1-12-19-18-15(9-7-14-8-10-16(21)17(14)18)20(12)11-13-5-3-2-4-6-13/h2-7,9H,8,10-11H2,1H3. The van der Waals surface area contributed by atoms with Crippen LogP contribution in [0.15, 0.2) is 42.5 Å². The smallest absolute Gasteiger partial charge is 0.165 e. The highest BCUT2D eigenvalue weighted by Crippen LogP contribution is 2.30. The SMILES string of the molecule is Cc1nc2c3c(ccc2n1Cc1ccccc1)CCC3=O. The first-order chi connectivity index (χ1) is 10.2. The zero-order chi connectivity index (χ0) is 14.4. The Bertz CT molecular complexity index is 847. The first-order valence-corrected chi connectivity index (χ1v) is 7.30. The molecule has 4 rings (SSSR count). The lowest BCUT2D eigenvalue weighted by molar-refractivity contribution is 0.0996. The topological polar surface area (TPSA) is 34.9 Å². The molecule has 0 unspecified atom stereocenters. The van der Waals surface area contributed by atoms with E-state index in [0.29, 0.717) is 6.42 Å². The minimum atomic E-state index is 0.236. The lowest BCUT2D eigenvalue weighted by atomic mass is 10.1. The van der Waals surface area contributed by atoms with Crippen molar-refractivity contribution in [2.24, 2.45) is 0 Å². The Morgan fingerprint density at radius 3 is 2.71 bits per heavy atom. The third-order valence-electron chi connectivity index (χ3n) is 4.28. The summed E-state index contributed by atoms with van der Waals surface area (Å²) in [6.45, 7) is 2.80. The van der Waals surface area contributed by atoms with E-state index in [2.05, 4.69) is 33.8 Å². The number of hydrogen-bond acceptors (Lipinski definition) is 2. The van der Waals surface area contributed by atoms with Crippen molar-refractivity contribution >= 4 is 16.8 Å². The fourth-order valence-corrected chi connectivity index (χ4v) is 3.21. The summed E-state index contributed by atoms with van der Waals surface area (Å²) in [5.41, 5.74) is 5.18. The van der Waals surface area contributed by atoms with Crippen LogP contribution in [0.5, 0.6) is 0 Å². The van der Waals surface area contributed by atoms with Gasteiger partial charge in [-0.25, -0.2) is 4.98 Å². The summed E-state index contributed by atoms with van der Waals surface area (Å²) in [5, 5.41) is 0. The van der Waals surface area contributed by atoms with Gasteiger partial charge in [0.25, 0.3) is 0 Å². The van der Waals surface area contributed by atoms with E-state index in [-0.39, 0.29) is 5.78 Å². The minimum absolute atomic E-state index is 0.236. The maximum absolute atomic E-state index is 12.1. The number of aryl methyl sites for hydroxylation is 2. The van der Waals surface area contributed by atoms with E-state index in [9.17, 15) is 4.79 Å². The van der Waals surface area contributed by atoms with Crippen LogP contribution in [-0.2, 0) is 13.0 Å². The fraction of sp³-hybridized carbons (Fsp3) is 0.222. The van der Waals surface area contributed by atoms with Gasteiger partial charge in [-0.3, -0.25) is 4.79 Å². The number of rotatable bonds is 2. The molecule has 1 aliphatic carbocycles. The highest BCUT2D eigenvalue weighted by molar-refractivity contribution is 6.09. The highest BCUT2D eigenvalue weighted by Gasteiger charge is 2.24. The Balaban J connectivity index is 1.89. The van der Waals surface area contributed by atoms with Gasteiger partial charge in [0.15, 0.2) is 5.78 Å². The normalized spacial score (nSPS) is 13.9. The van der Waals surface area contributed by atoms with E-state index < -0.39 is 0 Å². The minimum Gasteiger partial charge on any atom is -0.324 e. The van der Waals surface area contributed by atoms with Crippen LogP contribution in [0.4, 0.5) is 0 Å². The number of carbonyl (C=O) groups excluding carboxylic acids is 1. The van der Waals surface area contributed by atoms with Crippen LogP contribution in [0.3, 0.4) is 0 Å². The summed E-state index contributed by atoms with van der Waals surface area (Å²) in [7, 11) is 0. The van der Waals surface area contributed by atoms with Gasteiger partial charge in [-0.1, -0.05) is 36.4 Å². The number of nitrogens with zero attached hydrogens (tertiary/aromatic N) is 2. The molecule has 0 atom stereocenters. The molecule has 1 heterocycles. The molecule has 0 fully saturated rings. The quantitative estimate of drug-likeness (QED) is 0.717. The second-order valence-electron chi connectivity index (χ2n) is 5.62. The van der Waals surface area contributed by atoms with Gasteiger partial charge in [-0.2, -0.15) is 0 Å². The van der Waals surface area contributed by atoms with Gasteiger partial charge in [-0.15, -0.1) is 0 Å². The lowest BCUT2D eigenvalue weighted by Gasteiger charge is -2.07. The Morgan fingerprint density at radius 2 is 1.90 bits per heavy atom. The van der Waals surface area contributed by atoms with Crippen molar-refractivity contribution in [1.82, 2.24) is 9.55 Å². The molecule has 0 N–H and O–H groups in total. The maximum Gasteiger partial charge on any atom is 0.165 e. The van der Waals surface area contributed by atoms with Gasteiger partial charge in [0.2, 0.25) is 0 Å². The Hall–Kier alpha value is -2.42. The molecule has 0 aliphatic heterocycles. The van der Waals surface area contributed by atoms with Crippen LogP contribution in [-0.4, -0.2) is 15.3 Å². The van der Waals surface area contributed by atoms with Crippen molar-refractivity contribution in [3.05, 3.63) is 65.0 Å². The average molecular weight is 276 g/mol. The van der Waals surface area contributed by atoms with Crippen molar-refractivity contribution in [3.63, 3.8) is 0 Å². The van der Waals surface area contributed by atoms with Crippen LogP contribution in [0.25, 0.3) is 11.0 Å². The molecule has 0 bridgehead atoms. The summed E-state index contributed by atoms with van der Waals surface area (Å²) < 4.78 is 2.19. The Morgan fingerprint density at radius 1 is 1.10 bits per heavy atom. The number of benzene rings is 2. The van der Waals surface area contributed by atoms with E-state index in [4.69, 9.17) is 0 Å². The third-order valence-corrected chi connectivity index (χ3v) is 4.28. The van der Waals surface area contributed by atoms with Gasteiger partial charge >= 0.3 is 0 Å². The number of ketones is 1. The van der Waals surface area contributed by atoms with Gasteiger partial charge in [0.1, 0.15) is 5.82 Å². The molecule has 2 aromatic carbocycles. The van der Waals surface area contributed by atoms with Gasteiger partial charge in [0.05, 0.1) is 11.0 Å². The van der Waals surface area contributed by atoms with E-state index in [1.54, 1.807) is 0 Å². The third kappa shape index (κ3) is 1.88. The van der Waals surface area contributed by atoms with E-state index >= 15 is 0 Å². The van der Waals surface area contributed by atoms with Gasteiger partial charge in [-0.05, 0) is 30.5 Å². The first kappa shape index (κ1) is 12.3. The summed E-state index contributed by atoms with van der Waals surface area (Å²) in [6, 6.07) is 14.5. The Labute approximate surface area is 123 Å². The first-order valence-electron chi connectivity index (χ1n) is 7.30. The number of Topliss-reactive ketones (excluding diaryl/α,β-unsaturated/α-hetero) is 1. The van der Waals surface area contributed by atoms with Crippen LogP contribution in [0.1, 0.15) is 33.7 Å². The molecule has 0 spiro atoms. The molecule has 3 nitrogen and oxygen atoms in total. The monoisotopic (exact) mass is 276 g/mol. The summed E-state index contributed by atoms with van der Waals surface area (Å²) in [4.78, 5) is 16.8. The van der Waals surface area contributed by atoms with E-state index in [1.165, 1.54) is 5.56 Å². The molecular formula is C18H16N2O. The van der Waals surface area contributed by atoms with Crippen LogP contribution < -0.4 is 0 Å². The van der Waals surface area contributed by atoms with Crippen molar-refractivity contribution in [2.75, 3.05) is 0 Å². The number of imidazole rings is 1. The predicted octanol–water partition coefficient (Wildman–Crippen LogP) is 3.52. The maximum atomic E-state index is 12.1. The Kier molecular flexibility index (Phi) is 2.67. The molecule has 0 amide bonds. The van der Waals surface area contributed by atoms with Gasteiger partial charge in [0, 0.05) is 18.5 Å². The van der Waals surface area contributed by atoms with Crippen LogP contribution in [0.2, 0.25) is 0 Å². The second kappa shape index (κ2) is 4.55. The zero-order valence-corrected chi connectivity index (χ0v) is 12.0. The molecule has 0 saturated carbocycles. The van der Waals surface area contributed by atoms with E-state index in [0.717, 1.165) is 41.0 Å². The van der Waals surface area contributed by atoms with Crippen molar-refractivity contribution in [1.29, 1.82) is 0 Å². The number of hydrogen-bond donors (Lipinski definition) is 0. The van der Waals surface area contributed by atoms with Crippen molar-refractivity contribution in [3.8, 4) is 0 Å². The molecule has 3 heteroatoms. The molecule has 1 aromatic heterocycles. The number of fused-ring (bicyclic) bond motifs is 3. The number of carbonyl (C=O) groups is 1. The largest absolute Gasteiger partial charge is 0.324 e. The summed E-state index contributed by atoms with van der Waals surface area (Å²) in [6.07, 6.45) is 1.48. The second-order valence-corrected chi connectivity index (χ2v) is 5.62. The van der Waals surface area contributed by atoms with E-state index in [1.807, 2.05) is 25.1 Å². The molecule has 21 heavy (non-hydrogen) atoms. The molecule has 1 aliphatic rings. The fourth-order valence-electron chi connectivity index (χ4n) is 3.21. The van der Waals surface area contributed by atoms with Gasteiger partial charge < -0.3 is 4.57 Å². The average Bonchev–Trinajstić information content (AvgIpc) is 3.02. The zero-order valence-electron chi connectivity index (χ0n) is 12.0. The van der Waals surface area contributed by atoms with Crippen molar-refractivity contribution in [2.45, 2.75) is 26.3 Å². The predicted molar refractivity (Wildman–Crippen MR) is 82.7 cm³/mol. The molecule has 104 valence electrons. The summed E-state index contributed by atoms with van der Waals surface area (Å²) in [5.74, 6) is 1.20. The highest BCUT2D eigenvalue weighted by atomic mass is 16.1. The molecule has 3 aromatic rings. The van der Waals surface area contributed by atoms with Crippen molar-refractivity contribution < 1.29 is 4.79 Å². The molecule has 0 radical (unpaired) electrons.